The summed E-state index contributed by atoms with van der Waals surface area (Å²) in [6.45, 7) is 6.71. The van der Waals surface area contributed by atoms with Gasteiger partial charge < -0.3 is 15.5 Å². The van der Waals surface area contributed by atoms with Gasteiger partial charge in [0.25, 0.3) is 0 Å². The molecule has 116 valence electrons. The minimum absolute atomic E-state index is 0.262. The Bertz CT molecular complexity index is 467. The Hall–Kier alpha value is -1.20. The third-order valence-electron chi connectivity index (χ3n) is 3.76. The number of likely N-dealkylation sites (tertiary alicyclic amines) is 1. The second-order valence-electron chi connectivity index (χ2n) is 5.79. The van der Waals surface area contributed by atoms with E-state index in [1.54, 1.807) is 12.1 Å². The van der Waals surface area contributed by atoms with E-state index in [-0.39, 0.29) is 5.82 Å². The summed E-state index contributed by atoms with van der Waals surface area (Å²) >= 11 is 5.21. The summed E-state index contributed by atoms with van der Waals surface area (Å²) in [6.07, 6.45) is 3.74. The zero-order chi connectivity index (χ0) is 15.1. The Kier molecular flexibility index (Phi) is 6.39. The Morgan fingerprint density at radius 1 is 1.48 bits per heavy atom. The van der Waals surface area contributed by atoms with Crippen molar-refractivity contribution < 1.29 is 4.39 Å². The highest BCUT2D eigenvalue weighted by atomic mass is 32.1. The first-order valence-corrected chi connectivity index (χ1v) is 8.07. The predicted molar refractivity (Wildman–Crippen MR) is 90.1 cm³/mol. The van der Waals surface area contributed by atoms with Gasteiger partial charge in [-0.25, -0.2) is 4.39 Å². The molecule has 2 N–H and O–H groups in total. The molecule has 21 heavy (non-hydrogen) atoms. The highest BCUT2D eigenvalue weighted by Gasteiger charge is 2.15. The van der Waals surface area contributed by atoms with Crippen molar-refractivity contribution in [3.63, 3.8) is 0 Å². The highest BCUT2D eigenvalue weighted by molar-refractivity contribution is 7.80. The van der Waals surface area contributed by atoms with Gasteiger partial charge in [-0.2, -0.15) is 0 Å². The lowest BCUT2D eigenvalue weighted by molar-refractivity contribution is 0.182. The fraction of sp³-hybridized carbons (Fsp3) is 0.562. The minimum Gasteiger partial charge on any atom is -0.362 e. The molecular formula is C16H24FN3S. The molecule has 1 aromatic rings. The molecule has 3 nitrogen and oxygen atoms in total. The normalized spacial score (nSPS) is 19.2. The summed E-state index contributed by atoms with van der Waals surface area (Å²) < 4.78 is 13.1. The van der Waals surface area contributed by atoms with Crippen LogP contribution >= 0.6 is 12.2 Å². The summed E-state index contributed by atoms with van der Waals surface area (Å²) in [5, 5.41) is 6.72. The van der Waals surface area contributed by atoms with Crippen molar-refractivity contribution in [1.82, 2.24) is 10.2 Å². The van der Waals surface area contributed by atoms with Crippen LogP contribution in [0.2, 0.25) is 0 Å². The molecule has 0 aliphatic carbocycles. The van der Waals surface area contributed by atoms with Crippen LogP contribution in [0.15, 0.2) is 24.3 Å². The van der Waals surface area contributed by atoms with Crippen LogP contribution in [0.3, 0.4) is 0 Å². The van der Waals surface area contributed by atoms with Crippen LogP contribution in [0.4, 0.5) is 10.1 Å². The van der Waals surface area contributed by atoms with Crippen molar-refractivity contribution in [3.8, 4) is 0 Å². The number of hydrogen-bond acceptors (Lipinski definition) is 2. The number of thiocarbonyl (C=S) groups is 1. The minimum atomic E-state index is -0.262. The molecule has 1 aliphatic heterocycles. The van der Waals surface area contributed by atoms with Gasteiger partial charge in [0.15, 0.2) is 5.11 Å². The van der Waals surface area contributed by atoms with Gasteiger partial charge in [0.05, 0.1) is 0 Å². The van der Waals surface area contributed by atoms with E-state index in [0.29, 0.717) is 10.8 Å². The molecule has 0 bridgehead atoms. The van der Waals surface area contributed by atoms with E-state index in [1.165, 1.54) is 38.1 Å². The van der Waals surface area contributed by atoms with Gasteiger partial charge in [0, 0.05) is 18.8 Å². The van der Waals surface area contributed by atoms with Gasteiger partial charge in [-0.1, -0.05) is 13.0 Å². The quantitative estimate of drug-likeness (QED) is 0.645. The van der Waals surface area contributed by atoms with Crippen LogP contribution in [0.25, 0.3) is 0 Å². The number of rotatable bonds is 5. The van der Waals surface area contributed by atoms with Gasteiger partial charge in [-0.15, -0.1) is 0 Å². The molecule has 0 unspecified atom stereocenters. The van der Waals surface area contributed by atoms with Crippen LogP contribution < -0.4 is 10.6 Å². The van der Waals surface area contributed by atoms with E-state index in [9.17, 15) is 4.39 Å². The number of benzene rings is 1. The Balaban J connectivity index is 1.61. The largest absolute Gasteiger partial charge is 0.362 e. The number of piperidine rings is 1. The lowest BCUT2D eigenvalue weighted by Crippen LogP contribution is -2.37. The monoisotopic (exact) mass is 309 g/mol. The Morgan fingerprint density at radius 3 is 3.10 bits per heavy atom. The van der Waals surface area contributed by atoms with Gasteiger partial charge >= 0.3 is 0 Å². The van der Waals surface area contributed by atoms with E-state index in [4.69, 9.17) is 12.2 Å². The molecule has 0 spiro atoms. The first kappa shape index (κ1) is 16.2. The molecule has 1 atom stereocenters. The maximum Gasteiger partial charge on any atom is 0.170 e. The zero-order valence-electron chi connectivity index (χ0n) is 12.6. The van der Waals surface area contributed by atoms with E-state index in [0.717, 1.165) is 25.4 Å². The van der Waals surface area contributed by atoms with Gasteiger partial charge in [0.1, 0.15) is 5.82 Å². The van der Waals surface area contributed by atoms with Crippen LogP contribution in [0.5, 0.6) is 0 Å². The maximum atomic E-state index is 13.1. The van der Waals surface area contributed by atoms with Crippen molar-refractivity contribution in [2.75, 3.05) is 31.5 Å². The summed E-state index contributed by atoms with van der Waals surface area (Å²) in [5.41, 5.74) is 0.678. The van der Waals surface area contributed by atoms with E-state index >= 15 is 0 Å². The van der Waals surface area contributed by atoms with E-state index < -0.39 is 0 Å². The van der Waals surface area contributed by atoms with Crippen molar-refractivity contribution in [1.29, 1.82) is 0 Å². The summed E-state index contributed by atoms with van der Waals surface area (Å²) in [4.78, 5) is 2.53. The fourth-order valence-electron chi connectivity index (χ4n) is 2.74. The molecule has 0 radical (unpaired) electrons. The molecule has 0 amide bonds. The van der Waals surface area contributed by atoms with Crippen LogP contribution in [0, 0.1) is 11.7 Å². The molecule has 1 aromatic carbocycles. The third-order valence-corrected chi connectivity index (χ3v) is 4.01. The fourth-order valence-corrected chi connectivity index (χ4v) is 2.96. The first-order chi connectivity index (χ1) is 10.1. The van der Waals surface area contributed by atoms with Crippen molar-refractivity contribution in [2.24, 2.45) is 5.92 Å². The molecule has 2 rings (SSSR count). The Morgan fingerprint density at radius 2 is 2.33 bits per heavy atom. The molecule has 0 aromatic heterocycles. The van der Waals surface area contributed by atoms with Crippen molar-refractivity contribution in [3.05, 3.63) is 30.1 Å². The molecular weight excluding hydrogens is 285 g/mol. The van der Waals surface area contributed by atoms with E-state index in [1.807, 2.05) is 0 Å². The standard InChI is InChI=1S/C16H24FN3S/c1-13-5-3-9-20(12-13)10-4-8-18-16(21)19-15-7-2-6-14(17)11-15/h2,6-7,11,13H,3-5,8-10,12H2,1H3,(H2,18,19,21)/t13-/m1/s1. The summed E-state index contributed by atoms with van der Waals surface area (Å²) in [5.74, 6) is 0.560. The SMILES string of the molecule is C[C@@H]1CCCN(CCCNC(=S)Nc2cccc(F)c2)C1. The Labute approximate surface area is 131 Å². The molecule has 1 fully saturated rings. The number of nitrogens with one attached hydrogen (secondary N) is 2. The first-order valence-electron chi connectivity index (χ1n) is 7.66. The number of nitrogens with zero attached hydrogens (tertiary/aromatic N) is 1. The number of anilines is 1. The van der Waals surface area contributed by atoms with Gasteiger partial charge in [0.2, 0.25) is 0 Å². The molecule has 1 saturated heterocycles. The lowest BCUT2D eigenvalue weighted by Gasteiger charge is -2.30. The average Bonchev–Trinajstić information content (AvgIpc) is 2.44. The predicted octanol–water partition coefficient (Wildman–Crippen LogP) is 3.23. The number of halogens is 1. The van der Waals surface area contributed by atoms with Crippen LogP contribution in [-0.4, -0.2) is 36.2 Å². The second-order valence-corrected chi connectivity index (χ2v) is 6.20. The van der Waals surface area contributed by atoms with Crippen LogP contribution in [-0.2, 0) is 0 Å². The topological polar surface area (TPSA) is 27.3 Å². The second kappa shape index (κ2) is 8.29. The van der Waals surface area contributed by atoms with Gasteiger partial charge in [-0.05, 0) is 68.7 Å². The van der Waals surface area contributed by atoms with Crippen LogP contribution in [0.1, 0.15) is 26.2 Å². The van der Waals surface area contributed by atoms with Crippen molar-refractivity contribution in [2.45, 2.75) is 26.2 Å². The lowest BCUT2D eigenvalue weighted by atomic mass is 10.0. The summed E-state index contributed by atoms with van der Waals surface area (Å²) in [7, 11) is 0. The molecule has 0 saturated carbocycles. The van der Waals surface area contributed by atoms with E-state index in [2.05, 4.69) is 22.5 Å². The smallest absolute Gasteiger partial charge is 0.170 e. The van der Waals surface area contributed by atoms with Gasteiger partial charge in [-0.3, -0.25) is 0 Å². The summed E-state index contributed by atoms with van der Waals surface area (Å²) in [6, 6.07) is 6.31. The molecule has 5 heteroatoms. The zero-order valence-corrected chi connectivity index (χ0v) is 13.4. The molecule has 1 aliphatic rings. The maximum absolute atomic E-state index is 13.1. The third kappa shape index (κ3) is 5.98. The molecule has 1 heterocycles. The average molecular weight is 309 g/mol. The highest BCUT2D eigenvalue weighted by Crippen LogP contribution is 2.15. The van der Waals surface area contributed by atoms with Crippen molar-refractivity contribution >= 4 is 23.0 Å². The number of hydrogen-bond donors (Lipinski definition) is 2.